The zero-order valence-corrected chi connectivity index (χ0v) is 11.5. The molecule has 0 aromatic carbocycles. The van der Waals surface area contributed by atoms with Crippen LogP contribution in [0.1, 0.15) is 25.7 Å². The number of hydrogen-bond acceptors (Lipinski definition) is 1. The molecule has 1 radical (unpaired) electrons. The molecule has 2 nitrogen and oxygen atoms in total. The Morgan fingerprint density at radius 1 is 1.36 bits per heavy atom. The number of halogens is 1. The zero-order valence-electron chi connectivity index (χ0n) is 6.29. The molecular formula is C7H11ClO2Tl. The molecule has 1 aliphatic carbocycles. The number of alkyl halides is 1. The quantitative estimate of drug-likeness (QED) is 0.564. The van der Waals surface area contributed by atoms with Crippen molar-refractivity contribution < 1.29 is 9.90 Å². The Kier molecular flexibility index (Phi) is 5.68. The number of carboxylic acid groups (broad SMARTS) is 1. The van der Waals surface area contributed by atoms with E-state index in [9.17, 15) is 4.79 Å². The van der Waals surface area contributed by atoms with E-state index in [1.165, 1.54) is 0 Å². The Morgan fingerprint density at radius 3 is 2.27 bits per heavy atom. The number of aliphatic carboxylic acids is 1. The fourth-order valence-electron chi connectivity index (χ4n) is 1.36. The molecule has 0 bridgehead atoms. The van der Waals surface area contributed by atoms with E-state index in [1.54, 1.807) is 0 Å². The second kappa shape index (κ2) is 5.35. The first kappa shape index (κ1) is 11.7. The third kappa shape index (κ3) is 3.27. The molecular weight excluding hydrogens is 356 g/mol. The summed E-state index contributed by atoms with van der Waals surface area (Å²) in [6.45, 7) is 0. The summed E-state index contributed by atoms with van der Waals surface area (Å²) in [6.07, 6.45) is 3.71. The fraction of sp³-hybridized carbons (Fsp3) is 0.857. The van der Waals surface area contributed by atoms with Gasteiger partial charge in [-0.1, -0.05) is 12.8 Å². The van der Waals surface area contributed by atoms with Crippen LogP contribution in [0, 0.1) is 5.92 Å². The molecule has 11 heavy (non-hydrogen) atoms. The summed E-state index contributed by atoms with van der Waals surface area (Å²) < 4.78 is 0. The van der Waals surface area contributed by atoms with E-state index < -0.39 is 5.97 Å². The maximum Gasteiger partial charge on any atom is 0.307 e. The van der Waals surface area contributed by atoms with Crippen molar-refractivity contribution >= 4 is 44.9 Å². The average Bonchev–Trinajstić information content (AvgIpc) is 1.88. The van der Waals surface area contributed by atoms with Crippen LogP contribution in [-0.2, 0) is 4.79 Å². The van der Waals surface area contributed by atoms with Gasteiger partial charge in [-0.05, 0) is 12.8 Å². The van der Waals surface area contributed by atoms with Crippen LogP contribution in [0.3, 0.4) is 0 Å². The average molecular weight is 367 g/mol. The molecule has 1 N–H and O–H groups in total. The number of rotatable bonds is 1. The van der Waals surface area contributed by atoms with Gasteiger partial charge in [0.2, 0.25) is 0 Å². The van der Waals surface area contributed by atoms with Gasteiger partial charge in [-0.15, -0.1) is 11.6 Å². The summed E-state index contributed by atoms with van der Waals surface area (Å²) in [4.78, 5) is 10.5. The van der Waals surface area contributed by atoms with Crippen molar-refractivity contribution in [3.8, 4) is 0 Å². The SMILES string of the molecule is O=C(O)C1CCCCC1Cl.[Tl]. The number of carbonyl (C=O) groups is 1. The van der Waals surface area contributed by atoms with Crippen LogP contribution >= 0.6 is 11.6 Å². The summed E-state index contributed by atoms with van der Waals surface area (Å²) in [7, 11) is 0. The first-order valence-electron chi connectivity index (χ1n) is 3.58. The summed E-state index contributed by atoms with van der Waals surface area (Å²) >= 11 is 5.80. The number of hydrogen-bond donors (Lipinski definition) is 1. The smallest absolute Gasteiger partial charge is 0.307 e. The molecule has 2 unspecified atom stereocenters. The molecule has 0 saturated heterocycles. The predicted molar refractivity (Wildman–Crippen MR) is 45.0 cm³/mol. The van der Waals surface area contributed by atoms with Gasteiger partial charge in [0.15, 0.2) is 0 Å². The van der Waals surface area contributed by atoms with Crippen molar-refractivity contribution in [2.24, 2.45) is 5.92 Å². The first-order chi connectivity index (χ1) is 4.72. The monoisotopic (exact) mass is 367 g/mol. The largest absolute Gasteiger partial charge is 0.481 e. The molecule has 0 aliphatic heterocycles. The fourth-order valence-corrected chi connectivity index (χ4v) is 1.75. The van der Waals surface area contributed by atoms with E-state index >= 15 is 0 Å². The molecule has 0 spiro atoms. The molecule has 1 fully saturated rings. The zero-order chi connectivity index (χ0) is 7.56. The molecule has 4 heteroatoms. The summed E-state index contributed by atoms with van der Waals surface area (Å²) in [5, 5.41) is 8.49. The van der Waals surface area contributed by atoms with E-state index in [4.69, 9.17) is 16.7 Å². The van der Waals surface area contributed by atoms with Gasteiger partial charge in [0, 0.05) is 32.7 Å². The maximum atomic E-state index is 10.5. The Hall–Kier alpha value is 0.682. The van der Waals surface area contributed by atoms with E-state index in [-0.39, 0.29) is 38.6 Å². The molecule has 61 valence electrons. The molecule has 0 aromatic rings. The van der Waals surface area contributed by atoms with Gasteiger partial charge >= 0.3 is 5.97 Å². The van der Waals surface area contributed by atoms with Gasteiger partial charge in [-0.3, -0.25) is 4.79 Å². The molecule has 0 aromatic heterocycles. The van der Waals surface area contributed by atoms with Crippen LogP contribution in [-0.4, -0.2) is 43.8 Å². The Morgan fingerprint density at radius 2 is 1.91 bits per heavy atom. The van der Waals surface area contributed by atoms with Gasteiger partial charge in [-0.25, -0.2) is 0 Å². The van der Waals surface area contributed by atoms with Gasteiger partial charge in [0.05, 0.1) is 5.92 Å². The summed E-state index contributed by atoms with van der Waals surface area (Å²) in [5.41, 5.74) is 0. The summed E-state index contributed by atoms with van der Waals surface area (Å²) in [6, 6.07) is 0. The third-order valence-electron chi connectivity index (χ3n) is 2.00. The molecule has 0 heterocycles. The topological polar surface area (TPSA) is 37.3 Å². The maximum absolute atomic E-state index is 10.5. The van der Waals surface area contributed by atoms with Gasteiger partial charge in [-0.2, -0.15) is 0 Å². The summed E-state index contributed by atoms with van der Waals surface area (Å²) in [5.74, 6) is -1.03. The van der Waals surface area contributed by atoms with Gasteiger partial charge in [0.25, 0.3) is 0 Å². The Bertz CT molecular complexity index is 140. The van der Waals surface area contributed by atoms with Crippen molar-refractivity contribution in [1.29, 1.82) is 0 Å². The molecule has 1 saturated carbocycles. The molecule has 1 aliphatic rings. The third-order valence-corrected chi connectivity index (χ3v) is 2.52. The minimum Gasteiger partial charge on any atom is -0.481 e. The molecule has 2 atom stereocenters. The minimum absolute atomic E-state index is 0. The Labute approximate surface area is 91.5 Å². The van der Waals surface area contributed by atoms with E-state index in [0.717, 1.165) is 25.7 Å². The van der Waals surface area contributed by atoms with Crippen LogP contribution in [0.5, 0.6) is 0 Å². The van der Waals surface area contributed by atoms with Crippen molar-refractivity contribution in [1.82, 2.24) is 0 Å². The predicted octanol–water partition coefficient (Wildman–Crippen LogP) is 1.49. The normalized spacial score (nSPS) is 30.6. The molecule has 1 rings (SSSR count). The standard InChI is InChI=1S/C7H11ClO2.Tl/c8-6-4-2-1-3-5(6)7(9)10;/h5-6H,1-4H2,(H,9,10);. The van der Waals surface area contributed by atoms with Crippen molar-refractivity contribution in [2.45, 2.75) is 31.1 Å². The van der Waals surface area contributed by atoms with Crippen LogP contribution in [0.4, 0.5) is 0 Å². The van der Waals surface area contributed by atoms with Crippen molar-refractivity contribution in [3.05, 3.63) is 0 Å². The van der Waals surface area contributed by atoms with Crippen LogP contribution in [0.25, 0.3) is 0 Å². The van der Waals surface area contributed by atoms with Crippen LogP contribution < -0.4 is 0 Å². The Balaban J connectivity index is 0.000001000. The van der Waals surface area contributed by atoms with Gasteiger partial charge in [0.1, 0.15) is 0 Å². The molecule has 0 amide bonds. The second-order valence-electron chi connectivity index (χ2n) is 2.75. The van der Waals surface area contributed by atoms with Gasteiger partial charge < -0.3 is 5.11 Å². The van der Waals surface area contributed by atoms with E-state index in [0.29, 0.717) is 0 Å². The van der Waals surface area contributed by atoms with Crippen molar-refractivity contribution in [3.63, 3.8) is 0 Å². The van der Waals surface area contributed by atoms with E-state index in [2.05, 4.69) is 0 Å². The second-order valence-corrected chi connectivity index (χ2v) is 3.31. The van der Waals surface area contributed by atoms with Crippen LogP contribution in [0.15, 0.2) is 0 Å². The first-order valence-corrected chi connectivity index (χ1v) is 4.02. The number of carboxylic acids is 1. The van der Waals surface area contributed by atoms with Crippen molar-refractivity contribution in [2.75, 3.05) is 0 Å². The minimum atomic E-state index is -0.736. The van der Waals surface area contributed by atoms with Crippen LogP contribution in [0.2, 0.25) is 0 Å². The van der Waals surface area contributed by atoms with E-state index in [1.807, 2.05) is 0 Å².